The van der Waals surface area contributed by atoms with E-state index in [9.17, 15) is 0 Å². The fourth-order valence-electron chi connectivity index (χ4n) is 2.48. The molecule has 20 heavy (non-hydrogen) atoms. The summed E-state index contributed by atoms with van der Waals surface area (Å²) < 4.78 is 10.8. The quantitative estimate of drug-likeness (QED) is 0.874. The minimum Gasteiger partial charge on any atom is -0.454 e. The van der Waals surface area contributed by atoms with Gasteiger partial charge in [0.15, 0.2) is 11.5 Å². The molecule has 0 saturated carbocycles. The van der Waals surface area contributed by atoms with Crippen molar-refractivity contribution in [2.45, 2.75) is 25.8 Å². The molecule has 0 aliphatic carbocycles. The molecule has 2 aromatic carbocycles. The van der Waals surface area contributed by atoms with Gasteiger partial charge in [0.2, 0.25) is 6.79 Å². The summed E-state index contributed by atoms with van der Waals surface area (Å²) in [5, 5.41) is 3.59. The smallest absolute Gasteiger partial charge is 0.231 e. The summed E-state index contributed by atoms with van der Waals surface area (Å²) in [5.41, 5.74) is 2.38. The molecule has 0 fully saturated rings. The number of nitrogens with one attached hydrogen (secondary N) is 1. The lowest BCUT2D eigenvalue weighted by atomic mass is 10.0. The average Bonchev–Trinajstić information content (AvgIpc) is 2.95. The van der Waals surface area contributed by atoms with E-state index in [1.165, 1.54) is 5.56 Å². The van der Waals surface area contributed by atoms with Gasteiger partial charge in [-0.15, -0.1) is 0 Å². The summed E-state index contributed by atoms with van der Waals surface area (Å²) in [5.74, 6) is 1.64. The van der Waals surface area contributed by atoms with Crippen molar-refractivity contribution in [3.05, 3.63) is 54.1 Å². The molecule has 1 aliphatic rings. The minimum absolute atomic E-state index is 0.315. The maximum Gasteiger partial charge on any atom is 0.231 e. The van der Waals surface area contributed by atoms with Crippen LogP contribution in [-0.4, -0.2) is 6.79 Å². The maximum atomic E-state index is 5.42. The van der Waals surface area contributed by atoms with Gasteiger partial charge < -0.3 is 14.8 Å². The van der Waals surface area contributed by atoms with E-state index in [0.29, 0.717) is 12.8 Å². The number of benzene rings is 2. The van der Waals surface area contributed by atoms with Crippen LogP contribution in [-0.2, 0) is 0 Å². The van der Waals surface area contributed by atoms with Gasteiger partial charge in [0.25, 0.3) is 0 Å². The lowest BCUT2D eigenvalue weighted by Crippen LogP contribution is -2.10. The zero-order valence-electron chi connectivity index (χ0n) is 11.6. The van der Waals surface area contributed by atoms with E-state index in [1.807, 2.05) is 24.3 Å². The highest BCUT2D eigenvalue weighted by atomic mass is 16.7. The Morgan fingerprint density at radius 3 is 2.65 bits per heavy atom. The Morgan fingerprint density at radius 2 is 1.85 bits per heavy atom. The van der Waals surface area contributed by atoms with Gasteiger partial charge in [0, 0.05) is 11.8 Å². The van der Waals surface area contributed by atoms with Crippen molar-refractivity contribution in [2.75, 3.05) is 12.1 Å². The first kappa shape index (κ1) is 12.9. The number of anilines is 1. The fraction of sp³-hybridized carbons (Fsp3) is 0.294. The molecule has 2 aromatic rings. The summed E-state index contributed by atoms with van der Waals surface area (Å²) in [4.78, 5) is 0. The Balaban J connectivity index is 1.80. The van der Waals surface area contributed by atoms with E-state index in [4.69, 9.17) is 9.47 Å². The lowest BCUT2D eigenvalue weighted by molar-refractivity contribution is 0.174. The van der Waals surface area contributed by atoms with Gasteiger partial charge >= 0.3 is 0 Å². The SMILES string of the molecule is CCCC(Nc1ccc2c(c1)OCO2)c1ccccc1. The molecule has 3 heteroatoms. The highest BCUT2D eigenvalue weighted by Crippen LogP contribution is 2.35. The van der Waals surface area contributed by atoms with Crippen molar-refractivity contribution in [1.29, 1.82) is 0 Å². The Hall–Kier alpha value is -2.16. The molecule has 3 nitrogen and oxygen atoms in total. The van der Waals surface area contributed by atoms with Gasteiger partial charge in [-0.05, 0) is 24.1 Å². The molecule has 1 heterocycles. The normalized spacial score (nSPS) is 14.1. The molecule has 0 aromatic heterocycles. The first-order valence-electron chi connectivity index (χ1n) is 7.08. The monoisotopic (exact) mass is 269 g/mol. The molecule has 1 atom stereocenters. The van der Waals surface area contributed by atoms with Crippen molar-refractivity contribution in [3.8, 4) is 11.5 Å². The van der Waals surface area contributed by atoms with Crippen molar-refractivity contribution in [2.24, 2.45) is 0 Å². The first-order chi connectivity index (χ1) is 9.86. The highest BCUT2D eigenvalue weighted by molar-refractivity contribution is 5.56. The molecule has 0 amide bonds. The van der Waals surface area contributed by atoms with Gasteiger partial charge in [-0.1, -0.05) is 43.7 Å². The second-order valence-corrected chi connectivity index (χ2v) is 4.96. The summed E-state index contributed by atoms with van der Waals surface area (Å²) in [6.07, 6.45) is 2.23. The van der Waals surface area contributed by atoms with Crippen LogP contribution < -0.4 is 14.8 Å². The van der Waals surface area contributed by atoms with E-state index in [0.717, 1.165) is 30.0 Å². The Labute approximate surface area is 119 Å². The molecule has 0 radical (unpaired) electrons. The van der Waals surface area contributed by atoms with Crippen LogP contribution in [0.15, 0.2) is 48.5 Å². The summed E-state index contributed by atoms with van der Waals surface area (Å²) in [7, 11) is 0. The zero-order valence-corrected chi connectivity index (χ0v) is 11.6. The molecule has 0 bridgehead atoms. The molecule has 0 saturated heterocycles. The van der Waals surface area contributed by atoms with Crippen LogP contribution in [0.25, 0.3) is 0 Å². The van der Waals surface area contributed by atoms with Crippen LogP contribution in [0.5, 0.6) is 11.5 Å². The second kappa shape index (κ2) is 5.87. The van der Waals surface area contributed by atoms with Gasteiger partial charge in [0.05, 0.1) is 6.04 Å². The summed E-state index contributed by atoms with van der Waals surface area (Å²) in [6.45, 7) is 2.52. The lowest BCUT2D eigenvalue weighted by Gasteiger charge is -2.20. The van der Waals surface area contributed by atoms with E-state index in [-0.39, 0.29) is 0 Å². The molecule has 3 rings (SSSR count). The van der Waals surface area contributed by atoms with Crippen LogP contribution in [0.1, 0.15) is 31.4 Å². The predicted molar refractivity (Wildman–Crippen MR) is 80.3 cm³/mol. The van der Waals surface area contributed by atoms with Gasteiger partial charge in [-0.25, -0.2) is 0 Å². The Morgan fingerprint density at radius 1 is 1.05 bits per heavy atom. The number of fused-ring (bicyclic) bond motifs is 1. The number of rotatable bonds is 5. The Bertz CT molecular complexity index is 568. The van der Waals surface area contributed by atoms with Crippen LogP contribution in [0.4, 0.5) is 5.69 Å². The molecule has 1 unspecified atom stereocenters. The van der Waals surface area contributed by atoms with E-state index in [1.54, 1.807) is 0 Å². The summed E-state index contributed by atoms with van der Waals surface area (Å²) in [6, 6.07) is 16.9. The maximum absolute atomic E-state index is 5.42. The van der Waals surface area contributed by atoms with Gasteiger partial charge in [0.1, 0.15) is 0 Å². The Kier molecular flexibility index (Phi) is 3.77. The van der Waals surface area contributed by atoms with Gasteiger partial charge in [-0.2, -0.15) is 0 Å². The second-order valence-electron chi connectivity index (χ2n) is 4.96. The van der Waals surface area contributed by atoms with Gasteiger partial charge in [-0.3, -0.25) is 0 Å². The third kappa shape index (κ3) is 2.72. The van der Waals surface area contributed by atoms with Crippen molar-refractivity contribution in [1.82, 2.24) is 0 Å². The zero-order chi connectivity index (χ0) is 13.8. The van der Waals surface area contributed by atoms with Crippen LogP contribution >= 0.6 is 0 Å². The average molecular weight is 269 g/mol. The number of hydrogen-bond donors (Lipinski definition) is 1. The molecule has 1 aliphatic heterocycles. The van der Waals surface area contributed by atoms with E-state index < -0.39 is 0 Å². The first-order valence-corrected chi connectivity index (χ1v) is 7.08. The van der Waals surface area contributed by atoms with Crippen LogP contribution in [0.3, 0.4) is 0 Å². The molecule has 1 N–H and O–H groups in total. The standard InChI is InChI=1S/C17H19NO2/c1-2-6-15(13-7-4-3-5-8-13)18-14-9-10-16-17(11-14)20-12-19-16/h3-5,7-11,15,18H,2,6,12H2,1H3. The molecular formula is C17H19NO2. The topological polar surface area (TPSA) is 30.5 Å². The highest BCUT2D eigenvalue weighted by Gasteiger charge is 2.15. The molecule has 104 valence electrons. The van der Waals surface area contributed by atoms with Crippen LogP contribution in [0.2, 0.25) is 0 Å². The number of hydrogen-bond acceptors (Lipinski definition) is 3. The fourth-order valence-corrected chi connectivity index (χ4v) is 2.48. The third-order valence-corrected chi connectivity index (χ3v) is 3.49. The van der Waals surface area contributed by atoms with E-state index >= 15 is 0 Å². The number of ether oxygens (including phenoxy) is 2. The summed E-state index contributed by atoms with van der Waals surface area (Å²) >= 11 is 0. The van der Waals surface area contributed by atoms with E-state index in [2.05, 4.69) is 36.5 Å². The van der Waals surface area contributed by atoms with Crippen LogP contribution in [0, 0.1) is 0 Å². The molecular weight excluding hydrogens is 250 g/mol. The van der Waals surface area contributed by atoms with Crippen molar-refractivity contribution >= 4 is 5.69 Å². The third-order valence-electron chi connectivity index (χ3n) is 3.49. The largest absolute Gasteiger partial charge is 0.454 e. The van der Waals surface area contributed by atoms with Crippen molar-refractivity contribution in [3.63, 3.8) is 0 Å². The predicted octanol–water partition coefficient (Wildman–Crippen LogP) is 4.37. The minimum atomic E-state index is 0.315. The molecule has 0 spiro atoms. The van der Waals surface area contributed by atoms with Crippen molar-refractivity contribution < 1.29 is 9.47 Å².